The van der Waals surface area contributed by atoms with Crippen molar-refractivity contribution in [2.45, 2.75) is 24.6 Å². The highest BCUT2D eigenvalue weighted by atomic mass is 79.9. The smallest absolute Gasteiger partial charge is 0.330 e. The summed E-state index contributed by atoms with van der Waals surface area (Å²) in [5.41, 5.74) is 2.40. The first kappa shape index (κ1) is 14.0. The number of carbonyl (C=O) groups is 1. The average Bonchev–Trinajstić information content (AvgIpc) is 2.28. The van der Waals surface area contributed by atoms with Gasteiger partial charge in [0.15, 0.2) is 0 Å². The van der Waals surface area contributed by atoms with Crippen molar-refractivity contribution in [2.75, 3.05) is 6.61 Å². The van der Waals surface area contributed by atoms with Crippen LogP contribution in [-0.4, -0.2) is 12.6 Å². The van der Waals surface area contributed by atoms with Crippen LogP contribution in [0.3, 0.4) is 0 Å². The van der Waals surface area contributed by atoms with Crippen molar-refractivity contribution in [2.24, 2.45) is 0 Å². The van der Waals surface area contributed by atoms with Crippen molar-refractivity contribution in [3.63, 3.8) is 0 Å². The second-order valence-corrected chi connectivity index (χ2v) is 6.23. The van der Waals surface area contributed by atoms with Crippen LogP contribution >= 0.6 is 15.9 Å². The zero-order valence-corrected chi connectivity index (χ0v) is 11.8. The largest absolute Gasteiger partial charge is 0.462 e. The summed E-state index contributed by atoms with van der Waals surface area (Å²) in [5.74, 6) is -0.374. The third-order valence-electron chi connectivity index (χ3n) is 2.44. The Morgan fingerprint density at radius 3 is 2.71 bits per heavy atom. The highest BCUT2D eigenvalue weighted by molar-refractivity contribution is 9.09. The van der Waals surface area contributed by atoms with Crippen molar-refractivity contribution in [1.29, 1.82) is 0 Å². The van der Waals surface area contributed by atoms with E-state index in [1.54, 1.807) is 0 Å². The van der Waals surface area contributed by atoms with E-state index in [0.717, 1.165) is 0 Å². The van der Waals surface area contributed by atoms with E-state index < -0.39 is 0 Å². The van der Waals surface area contributed by atoms with Gasteiger partial charge >= 0.3 is 5.97 Å². The molecule has 17 heavy (non-hydrogen) atoms. The van der Waals surface area contributed by atoms with Crippen LogP contribution in [0.25, 0.3) is 0 Å². The molecule has 0 amide bonds. The standard InChI is InChI=1S/C14H17BrO2/c1-4-13(16)17-10-9-11-7-5-6-8-12(11)14(2,3)15/h4-8H,1,9-10H2,2-3H3. The Bertz CT molecular complexity index is 405. The van der Waals surface area contributed by atoms with Gasteiger partial charge in [0.25, 0.3) is 0 Å². The number of ether oxygens (including phenoxy) is 1. The molecule has 0 saturated heterocycles. The molecular weight excluding hydrogens is 280 g/mol. The molecule has 0 spiro atoms. The molecule has 0 aliphatic heterocycles. The number of benzene rings is 1. The Morgan fingerprint density at radius 2 is 2.12 bits per heavy atom. The Labute approximate surface area is 111 Å². The molecule has 1 aromatic rings. The van der Waals surface area contributed by atoms with E-state index in [0.29, 0.717) is 13.0 Å². The number of rotatable bonds is 5. The molecule has 0 aliphatic rings. The lowest BCUT2D eigenvalue weighted by Gasteiger charge is -2.20. The molecule has 0 aliphatic carbocycles. The summed E-state index contributed by atoms with van der Waals surface area (Å²) >= 11 is 3.65. The van der Waals surface area contributed by atoms with Crippen LogP contribution in [0, 0.1) is 0 Å². The van der Waals surface area contributed by atoms with Crippen LogP contribution in [0.15, 0.2) is 36.9 Å². The molecule has 0 radical (unpaired) electrons. The van der Waals surface area contributed by atoms with E-state index in [9.17, 15) is 4.79 Å². The second-order valence-electron chi connectivity index (χ2n) is 4.25. The second kappa shape index (κ2) is 6.01. The molecule has 0 saturated carbocycles. The topological polar surface area (TPSA) is 26.3 Å². The van der Waals surface area contributed by atoms with E-state index in [4.69, 9.17) is 4.74 Å². The maximum Gasteiger partial charge on any atom is 0.330 e. The Balaban J connectivity index is 2.71. The molecule has 0 atom stereocenters. The zero-order valence-electron chi connectivity index (χ0n) is 10.2. The molecule has 1 rings (SSSR count). The van der Waals surface area contributed by atoms with Crippen LogP contribution in [0.5, 0.6) is 0 Å². The summed E-state index contributed by atoms with van der Waals surface area (Å²) in [4.78, 5) is 10.9. The summed E-state index contributed by atoms with van der Waals surface area (Å²) in [6.07, 6.45) is 1.89. The summed E-state index contributed by atoms with van der Waals surface area (Å²) in [5, 5.41) is 0. The molecule has 0 fully saturated rings. The van der Waals surface area contributed by atoms with Crippen molar-refractivity contribution in [3.05, 3.63) is 48.0 Å². The van der Waals surface area contributed by atoms with Gasteiger partial charge in [-0.25, -0.2) is 4.79 Å². The number of hydrogen-bond donors (Lipinski definition) is 0. The van der Waals surface area contributed by atoms with Gasteiger partial charge in [-0.15, -0.1) is 0 Å². The highest BCUT2D eigenvalue weighted by Crippen LogP contribution is 2.32. The SMILES string of the molecule is C=CC(=O)OCCc1ccccc1C(C)(C)Br. The van der Waals surface area contributed by atoms with E-state index in [1.807, 2.05) is 12.1 Å². The van der Waals surface area contributed by atoms with Crippen LogP contribution < -0.4 is 0 Å². The third kappa shape index (κ3) is 4.35. The van der Waals surface area contributed by atoms with Gasteiger partial charge < -0.3 is 4.74 Å². The van der Waals surface area contributed by atoms with Gasteiger partial charge in [0.2, 0.25) is 0 Å². The van der Waals surface area contributed by atoms with Gasteiger partial charge in [0.1, 0.15) is 0 Å². The van der Waals surface area contributed by atoms with Gasteiger partial charge in [-0.1, -0.05) is 46.8 Å². The van der Waals surface area contributed by atoms with Crippen LogP contribution in [0.4, 0.5) is 0 Å². The molecule has 0 heterocycles. The number of alkyl halides is 1. The molecule has 3 heteroatoms. The fourth-order valence-electron chi connectivity index (χ4n) is 1.64. The van der Waals surface area contributed by atoms with E-state index in [-0.39, 0.29) is 10.3 Å². The van der Waals surface area contributed by atoms with Crippen molar-refractivity contribution in [1.82, 2.24) is 0 Å². The number of esters is 1. The maximum atomic E-state index is 10.9. The Hall–Kier alpha value is -1.09. The molecule has 0 bridgehead atoms. The van der Waals surface area contributed by atoms with Gasteiger partial charge in [0, 0.05) is 16.8 Å². The first-order valence-electron chi connectivity index (χ1n) is 5.51. The quantitative estimate of drug-likeness (QED) is 0.471. The molecule has 2 nitrogen and oxygen atoms in total. The van der Waals surface area contributed by atoms with Gasteiger partial charge in [-0.05, 0) is 25.0 Å². The lowest BCUT2D eigenvalue weighted by molar-refractivity contribution is -0.137. The zero-order chi connectivity index (χ0) is 12.9. The van der Waals surface area contributed by atoms with Crippen LogP contribution in [0.1, 0.15) is 25.0 Å². The summed E-state index contributed by atoms with van der Waals surface area (Å²) < 4.78 is 4.91. The van der Waals surface area contributed by atoms with Crippen LogP contribution in [0.2, 0.25) is 0 Å². The number of halogens is 1. The molecule has 0 aromatic heterocycles. The lowest BCUT2D eigenvalue weighted by atomic mass is 9.95. The lowest BCUT2D eigenvalue weighted by Crippen LogP contribution is -2.12. The van der Waals surface area contributed by atoms with Crippen molar-refractivity contribution < 1.29 is 9.53 Å². The van der Waals surface area contributed by atoms with Crippen LogP contribution in [-0.2, 0) is 20.3 Å². The Morgan fingerprint density at radius 1 is 1.47 bits per heavy atom. The number of carbonyl (C=O) groups excluding carboxylic acids is 1. The minimum absolute atomic E-state index is 0.0773. The monoisotopic (exact) mass is 296 g/mol. The summed E-state index contributed by atoms with van der Waals surface area (Å²) in [6, 6.07) is 8.14. The minimum atomic E-state index is -0.374. The third-order valence-corrected chi connectivity index (χ3v) is 2.87. The molecule has 0 unspecified atom stereocenters. The fraction of sp³-hybridized carbons (Fsp3) is 0.357. The predicted molar refractivity (Wildman–Crippen MR) is 73.3 cm³/mol. The van der Waals surface area contributed by atoms with E-state index in [2.05, 4.69) is 48.5 Å². The van der Waals surface area contributed by atoms with Crippen molar-refractivity contribution >= 4 is 21.9 Å². The molecular formula is C14H17BrO2. The molecule has 1 aromatic carbocycles. The van der Waals surface area contributed by atoms with Gasteiger partial charge in [0.05, 0.1) is 6.61 Å². The normalized spacial score (nSPS) is 11.0. The van der Waals surface area contributed by atoms with E-state index in [1.165, 1.54) is 17.2 Å². The van der Waals surface area contributed by atoms with Gasteiger partial charge in [-0.2, -0.15) is 0 Å². The highest BCUT2D eigenvalue weighted by Gasteiger charge is 2.19. The first-order valence-corrected chi connectivity index (χ1v) is 6.31. The average molecular weight is 297 g/mol. The molecule has 92 valence electrons. The summed E-state index contributed by atoms with van der Waals surface area (Å²) in [6.45, 7) is 7.94. The Kier molecular flexibility index (Phi) is 4.94. The number of hydrogen-bond acceptors (Lipinski definition) is 2. The predicted octanol–water partition coefficient (Wildman–Crippen LogP) is 3.59. The maximum absolute atomic E-state index is 10.9. The fourth-order valence-corrected chi connectivity index (χ4v) is 2.03. The van der Waals surface area contributed by atoms with Gasteiger partial charge in [-0.3, -0.25) is 0 Å². The molecule has 0 N–H and O–H groups in total. The van der Waals surface area contributed by atoms with E-state index >= 15 is 0 Å². The first-order chi connectivity index (χ1) is 7.95. The minimum Gasteiger partial charge on any atom is -0.462 e. The van der Waals surface area contributed by atoms with Crippen molar-refractivity contribution in [3.8, 4) is 0 Å². The summed E-state index contributed by atoms with van der Waals surface area (Å²) in [7, 11) is 0.